The van der Waals surface area contributed by atoms with Crippen molar-refractivity contribution in [3.63, 3.8) is 0 Å². The number of hydrogen-bond donors (Lipinski definition) is 0. The van der Waals surface area contributed by atoms with Crippen LogP contribution in [0.1, 0.15) is 69.1 Å². The van der Waals surface area contributed by atoms with E-state index in [1.54, 1.807) is 20.3 Å². The Bertz CT molecular complexity index is 2610. The van der Waals surface area contributed by atoms with Crippen LogP contribution in [-0.4, -0.2) is 136 Å². The zero-order valence-electron chi connectivity index (χ0n) is 41.5. The number of imide groups is 1. The molecule has 71 heavy (non-hydrogen) atoms. The Morgan fingerprint density at radius 1 is 0.789 bits per heavy atom. The van der Waals surface area contributed by atoms with Gasteiger partial charge in [-0.3, -0.25) is 9.59 Å². The van der Waals surface area contributed by atoms with Gasteiger partial charge in [-0.2, -0.15) is 0 Å². The summed E-state index contributed by atoms with van der Waals surface area (Å²) in [6.45, 7) is 12.5. The third-order valence-electron chi connectivity index (χ3n) is 12.4. The van der Waals surface area contributed by atoms with Crippen molar-refractivity contribution in [2.24, 2.45) is 0 Å². The van der Waals surface area contributed by atoms with E-state index in [-0.39, 0.29) is 24.2 Å². The quantitative estimate of drug-likeness (QED) is 0.0256. The molecule has 6 rings (SSSR count). The molecule has 4 aliphatic rings. The SMILES string of the molecule is COCCOCCOCC[N+](CCOCCOCCOC)=c1ccc2c(/C=C/C=C3\N(CCCCCC(=O)ON4C(=O)CCC4=O)c4ccc(S(=O)(=O)[O-])cc4C3(C)C)c(C)c(-c3ccccc3)oc-2c1. The first kappa shape index (κ1) is 54.8. The van der Waals surface area contributed by atoms with E-state index < -0.39 is 33.3 Å². The Labute approximate surface area is 416 Å². The Morgan fingerprint density at radius 3 is 2.03 bits per heavy atom. The summed E-state index contributed by atoms with van der Waals surface area (Å²) < 4.78 is 78.8. The molecular weight excluding hydrogens is 935 g/mol. The van der Waals surface area contributed by atoms with Gasteiger partial charge in [0.2, 0.25) is 5.36 Å². The molecule has 384 valence electrons. The zero-order chi connectivity index (χ0) is 50.8. The maximum Gasteiger partial charge on any atom is 0.333 e. The first-order valence-electron chi connectivity index (χ1n) is 24.1. The maximum absolute atomic E-state index is 12.5. The number of allylic oxidation sites excluding steroid dienone is 3. The molecule has 2 aromatic rings. The number of hydroxylamine groups is 2. The molecule has 2 amide bonds. The van der Waals surface area contributed by atoms with Crippen LogP contribution in [0.2, 0.25) is 0 Å². The molecule has 2 aromatic carbocycles. The van der Waals surface area contributed by atoms with Crippen molar-refractivity contribution in [1.82, 2.24) is 9.64 Å². The fourth-order valence-electron chi connectivity index (χ4n) is 8.56. The Hall–Kier alpha value is -5.57. The molecular formula is C53H67N3O14S. The Kier molecular flexibility index (Phi) is 20.6. The van der Waals surface area contributed by atoms with E-state index in [4.69, 9.17) is 37.7 Å². The van der Waals surface area contributed by atoms with Crippen LogP contribution in [-0.2, 0) is 63.2 Å². The average molecular weight is 1000 g/mol. The smallest absolute Gasteiger partial charge is 0.333 e. The van der Waals surface area contributed by atoms with Gasteiger partial charge in [-0.05, 0) is 61.2 Å². The van der Waals surface area contributed by atoms with Crippen LogP contribution in [0.5, 0.6) is 0 Å². The summed E-state index contributed by atoms with van der Waals surface area (Å²) in [6.07, 6.45) is 7.85. The van der Waals surface area contributed by atoms with Gasteiger partial charge in [-0.15, -0.1) is 5.06 Å². The van der Waals surface area contributed by atoms with E-state index in [1.807, 2.05) is 69.3 Å². The summed E-state index contributed by atoms with van der Waals surface area (Å²) in [5, 5.41) is 1.48. The summed E-state index contributed by atoms with van der Waals surface area (Å²) >= 11 is 0. The van der Waals surface area contributed by atoms with E-state index >= 15 is 0 Å². The highest BCUT2D eigenvalue weighted by Crippen LogP contribution is 2.49. The van der Waals surface area contributed by atoms with Crippen molar-refractivity contribution in [2.75, 3.05) is 105 Å². The van der Waals surface area contributed by atoms with Crippen LogP contribution < -0.4 is 14.8 Å². The number of rotatable bonds is 29. The summed E-state index contributed by atoms with van der Waals surface area (Å²) in [7, 11) is -1.45. The highest BCUT2D eigenvalue weighted by atomic mass is 32.2. The number of amides is 2. The molecule has 0 aromatic heterocycles. The molecule has 3 aliphatic heterocycles. The molecule has 0 unspecified atom stereocenters. The number of unbranched alkanes of at least 4 members (excludes halogenated alkanes) is 2. The molecule has 0 radical (unpaired) electrons. The average Bonchev–Trinajstić information content (AvgIpc) is 3.78. The van der Waals surface area contributed by atoms with Gasteiger partial charge in [0.1, 0.15) is 34.9 Å². The third-order valence-corrected chi connectivity index (χ3v) is 13.2. The lowest BCUT2D eigenvalue weighted by Crippen LogP contribution is -2.36. The fourth-order valence-corrected chi connectivity index (χ4v) is 9.06. The molecule has 0 saturated carbocycles. The van der Waals surface area contributed by atoms with Gasteiger partial charge in [-0.1, -0.05) is 62.8 Å². The maximum atomic E-state index is 12.5. The predicted octanol–water partition coefficient (Wildman–Crippen LogP) is 6.26. The van der Waals surface area contributed by atoms with E-state index in [0.29, 0.717) is 127 Å². The molecule has 0 bridgehead atoms. The Morgan fingerprint density at radius 2 is 1.41 bits per heavy atom. The van der Waals surface area contributed by atoms with Gasteiger partial charge in [0.25, 0.3) is 11.8 Å². The number of carbonyl (C=O) groups is 3. The highest BCUT2D eigenvalue weighted by molar-refractivity contribution is 7.85. The van der Waals surface area contributed by atoms with Gasteiger partial charge < -0.3 is 47.1 Å². The van der Waals surface area contributed by atoms with Crippen molar-refractivity contribution in [1.29, 1.82) is 0 Å². The topological polar surface area (TPSA) is 196 Å². The summed E-state index contributed by atoms with van der Waals surface area (Å²) in [5.74, 6) is -0.314. The third kappa shape index (κ3) is 15.0. The number of ether oxygens (including phenoxy) is 6. The number of anilines is 1. The normalized spacial score (nSPS) is 15.2. The van der Waals surface area contributed by atoms with E-state index in [2.05, 4.69) is 27.7 Å². The minimum Gasteiger partial charge on any atom is -0.744 e. The van der Waals surface area contributed by atoms with Crippen molar-refractivity contribution in [3.05, 3.63) is 107 Å². The minimum atomic E-state index is -4.73. The molecule has 1 aliphatic carbocycles. The minimum absolute atomic E-state index is 0.0226. The molecule has 1 saturated heterocycles. The number of hydrogen-bond acceptors (Lipinski definition) is 15. The standard InChI is InChI=1S/C53H67N3O14S/c1-39-43(15-12-16-48-53(2,3)45-38-42(71(60,61)62)19-21-46(45)55(48)24-11-7-10-17-51(59)70-56-49(57)22-23-50(56)58)44-20-18-41(37-47(44)69-52(39)40-13-8-6-9-14-40)54(25-27-65-33-35-67-31-29-63-4)26-28-66-34-36-68-32-30-64-5/h6,8-9,12-16,18-21,37-38H,7,10-11,17,22-36H2,1-5H3. The molecule has 0 spiro atoms. The zero-order valence-corrected chi connectivity index (χ0v) is 42.3. The first-order chi connectivity index (χ1) is 34.2. The number of methoxy groups -OCH3 is 2. The van der Waals surface area contributed by atoms with Crippen molar-refractivity contribution in [3.8, 4) is 22.6 Å². The second kappa shape index (κ2) is 26.8. The predicted molar refractivity (Wildman–Crippen MR) is 265 cm³/mol. The lowest BCUT2D eigenvalue weighted by Gasteiger charge is -2.27. The van der Waals surface area contributed by atoms with Crippen molar-refractivity contribution >= 4 is 39.7 Å². The van der Waals surface area contributed by atoms with Gasteiger partial charge in [-0.25, -0.2) is 17.8 Å². The van der Waals surface area contributed by atoms with Gasteiger partial charge in [0, 0.05) is 79.6 Å². The van der Waals surface area contributed by atoms with Crippen LogP contribution in [0, 0.1) is 6.92 Å². The lowest BCUT2D eigenvalue weighted by molar-refractivity contribution is -0.197. The first-order valence-corrected chi connectivity index (χ1v) is 25.5. The van der Waals surface area contributed by atoms with Crippen LogP contribution in [0.3, 0.4) is 0 Å². The molecule has 0 atom stereocenters. The van der Waals surface area contributed by atoms with Gasteiger partial charge in [0.05, 0.1) is 63.8 Å². The van der Waals surface area contributed by atoms with Crippen LogP contribution in [0.15, 0.2) is 93.9 Å². The molecule has 3 heterocycles. The van der Waals surface area contributed by atoms with Crippen LogP contribution in [0.4, 0.5) is 5.69 Å². The van der Waals surface area contributed by atoms with Crippen molar-refractivity contribution < 1.29 is 65.0 Å². The fraction of sp³-hybridized carbons (Fsp3) is 0.472. The number of carbonyl (C=O) groups excluding carboxylic acids is 3. The van der Waals surface area contributed by atoms with Gasteiger partial charge in [0.15, 0.2) is 13.1 Å². The monoisotopic (exact) mass is 1000 g/mol. The lowest BCUT2D eigenvalue weighted by atomic mass is 9.83. The molecule has 17 nitrogen and oxygen atoms in total. The van der Waals surface area contributed by atoms with E-state index in [9.17, 15) is 27.4 Å². The summed E-state index contributed by atoms with van der Waals surface area (Å²) in [4.78, 5) is 43.2. The van der Waals surface area contributed by atoms with Crippen LogP contribution >= 0.6 is 0 Å². The largest absolute Gasteiger partial charge is 0.744 e. The number of nitrogens with zero attached hydrogens (tertiary/aromatic N) is 3. The Balaban J connectivity index is 1.30. The second-order valence-corrected chi connectivity index (χ2v) is 19.0. The molecule has 1 fully saturated rings. The van der Waals surface area contributed by atoms with E-state index in [1.165, 1.54) is 12.1 Å². The van der Waals surface area contributed by atoms with Crippen molar-refractivity contribution in [2.45, 2.75) is 69.6 Å². The molecule has 18 heteroatoms. The molecule has 0 N–H and O–H groups in total. The number of fused-ring (bicyclic) bond motifs is 2. The number of benzene rings is 3. The van der Waals surface area contributed by atoms with Crippen LogP contribution in [0.25, 0.3) is 28.7 Å². The highest BCUT2D eigenvalue weighted by Gasteiger charge is 2.40. The van der Waals surface area contributed by atoms with E-state index in [0.717, 1.165) is 39.0 Å². The second-order valence-electron chi connectivity index (χ2n) is 17.6. The summed E-state index contributed by atoms with van der Waals surface area (Å²) in [5.41, 5.74) is 5.32. The van der Waals surface area contributed by atoms with Gasteiger partial charge >= 0.3 is 5.97 Å². The summed E-state index contributed by atoms with van der Waals surface area (Å²) in [6, 6.07) is 20.6.